The average molecular weight is 414 g/mol. The molecule has 1 spiro atoms. The van der Waals surface area contributed by atoms with E-state index in [4.69, 9.17) is 4.74 Å². The van der Waals surface area contributed by atoms with Crippen molar-refractivity contribution < 1.29 is 9.84 Å². The van der Waals surface area contributed by atoms with Crippen molar-refractivity contribution in [3.05, 3.63) is 11.6 Å². The van der Waals surface area contributed by atoms with Gasteiger partial charge in [-0.1, -0.05) is 39.3 Å². The molecule has 6 rings (SSSR count). The SMILES string of the molecule is CC1CCC2(NC1)OC1C[C@H]3C4CC=C5CC(O)CC[C@]5(C)[C@H]4CC[C@]3(C)[C@H]1[C@@H]2C. The number of hydrogen-bond donors (Lipinski definition) is 2. The number of fused-ring (bicyclic) bond motifs is 7. The van der Waals surface area contributed by atoms with Gasteiger partial charge >= 0.3 is 0 Å². The van der Waals surface area contributed by atoms with Crippen LogP contribution in [0.25, 0.3) is 0 Å². The Morgan fingerprint density at radius 2 is 1.90 bits per heavy atom. The molecule has 5 fully saturated rings. The fraction of sp³-hybridized carbons (Fsp3) is 0.926. The largest absolute Gasteiger partial charge is 0.393 e. The molecule has 5 unspecified atom stereocenters. The van der Waals surface area contributed by atoms with Gasteiger partial charge < -0.3 is 9.84 Å². The summed E-state index contributed by atoms with van der Waals surface area (Å²) in [5.74, 6) is 4.58. The van der Waals surface area contributed by atoms with Gasteiger partial charge in [0.2, 0.25) is 0 Å². The van der Waals surface area contributed by atoms with E-state index in [0.29, 0.717) is 22.9 Å². The van der Waals surface area contributed by atoms with E-state index in [9.17, 15) is 5.11 Å². The zero-order valence-electron chi connectivity index (χ0n) is 19.6. The summed E-state index contributed by atoms with van der Waals surface area (Å²) in [5.41, 5.74) is 2.33. The second-order valence-corrected chi connectivity index (χ2v) is 12.8. The number of nitrogens with one attached hydrogen (secondary N) is 1. The van der Waals surface area contributed by atoms with Gasteiger partial charge in [-0.2, -0.15) is 0 Å². The maximum atomic E-state index is 10.3. The Labute approximate surface area is 183 Å². The van der Waals surface area contributed by atoms with Crippen molar-refractivity contribution in [2.24, 2.45) is 46.3 Å². The number of hydrogen-bond acceptors (Lipinski definition) is 3. The monoisotopic (exact) mass is 413 g/mol. The molecule has 2 saturated heterocycles. The zero-order chi connectivity index (χ0) is 20.9. The Bertz CT molecular complexity index is 739. The van der Waals surface area contributed by atoms with Crippen LogP contribution in [0.4, 0.5) is 0 Å². The standard InChI is InChI=1S/C27H43NO2/c1-16-7-12-27(28-15-16)17(2)24-23(30-27)14-22-20-6-5-18-13-19(29)8-10-25(18,3)21(20)9-11-26(22,24)4/h5,16-17,19-24,28-29H,6-15H2,1-4H3/t16?,17-,19?,20?,21-,22-,23?,24-,25-,26-,27?/m0/s1. The number of ether oxygens (including phenoxy) is 1. The summed E-state index contributed by atoms with van der Waals surface area (Å²) < 4.78 is 7.00. The van der Waals surface area contributed by atoms with Gasteiger partial charge in [0, 0.05) is 12.5 Å². The Morgan fingerprint density at radius 3 is 2.67 bits per heavy atom. The Balaban J connectivity index is 1.28. The quantitative estimate of drug-likeness (QED) is 0.530. The van der Waals surface area contributed by atoms with Crippen LogP contribution in [-0.4, -0.2) is 29.6 Å². The first-order valence-corrected chi connectivity index (χ1v) is 13.1. The van der Waals surface area contributed by atoms with E-state index in [2.05, 4.69) is 39.1 Å². The molecule has 3 nitrogen and oxygen atoms in total. The molecule has 2 N–H and O–H groups in total. The van der Waals surface area contributed by atoms with Crippen molar-refractivity contribution in [3.63, 3.8) is 0 Å². The molecule has 4 aliphatic carbocycles. The van der Waals surface area contributed by atoms with Gasteiger partial charge in [-0.05, 0) is 98.2 Å². The summed E-state index contributed by atoms with van der Waals surface area (Å²) in [7, 11) is 0. The summed E-state index contributed by atoms with van der Waals surface area (Å²) >= 11 is 0. The third kappa shape index (κ3) is 2.55. The summed E-state index contributed by atoms with van der Waals surface area (Å²) in [6.07, 6.45) is 13.8. The van der Waals surface area contributed by atoms with E-state index in [0.717, 1.165) is 49.0 Å². The van der Waals surface area contributed by atoms with Crippen LogP contribution in [0, 0.1) is 46.3 Å². The first kappa shape index (κ1) is 20.2. The molecule has 0 amide bonds. The first-order chi connectivity index (χ1) is 14.3. The molecule has 30 heavy (non-hydrogen) atoms. The van der Waals surface area contributed by atoms with E-state index in [1.54, 1.807) is 5.57 Å². The number of allylic oxidation sites excluding steroid dienone is 1. The molecule has 3 saturated carbocycles. The van der Waals surface area contributed by atoms with Gasteiger partial charge in [0.05, 0.1) is 12.2 Å². The van der Waals surface area contributed by atoms with Crippen molar-refractivity contribution in [1.29, 1.82) is 0 Å². The number of rotatable bonds is 0. The third-order valence-electron chi connectivity index (χ3n) is 11.6. The highest BCUT2D eigenvalue weighted by atomic mass is 16.5. The van der Waals surface area contributed by atoms with Crippen LogP contribution in [-0.2, 0) is 4.74 Å². The van der Waals surface area contributed by atoms with E-state index >= 15 is 0 Å². The van der Waals surface area contributed by atoms with E-state index in [1.165, 1.54) is 44.9 Å². The number of piperidine rings is 1. The van der Waals surface area contributed by atoms with Gasteiger partial charge in [-0.25, -0.2) is 0 Å². The van der Waals surface area contributed by atoms with Gasteiger partial charge in [0.25, 0.3) is 0 Å². The molecule has 0 radical (unpaired) electrons. The van der Waals surface area contributed by atoms with Crippen LogP contribution in [0.5, 0.6) is 0 Å². The lowest BCUT2D eigenvalue weighted by Gasteiger charge is -2.58. The lowest BCUT2D eigenvalue weighted by atomic mass is 9.47. The fourth-order valence-electron chi connectivity index (χ4n) is 9.84. The van der Waals surface area contributed by atoms with Crippen LogP contribution in [0.15, 0.2) is 11.6 Å². The smallest absolute Gasteiger partial charge is 0.122 e. The Hall–Kier alpha value is -0.380. The predicted molar refractivity (Wildman–Crippen MR) is 120 cm³/mol. The van der Waals surface area contributed by atoms with Gasteiger partial charge in [0.1, 0.15) is 5.72 Å². The molecule has 0 bridgehead atoms. The van der Waals surface area contributed by atoms with E-state index < -0.39 is 0 Å². The van der Waals surface area contributed by atoms with E-state index in [-0.39, 0.29) is 11.8 Å². The summed E-state index contributed by atoms with van der Waals surface area (Å²) in [6, 6.07) is 0. The molecule has 0 aromatic carbocycles. The van der Waals surface area contributed by atoms with Crippen molar-refractivity contribution in [2.45, 2.75) is 103 Å². The summed E-state index contributed by atoms with van der Waals surface area (Å²) in [5, 5.41) is 14.1. The highest BCUT2D eigenvalue weighted by Crippen LogP contribution is 2.70. The third-order valence-corrected chi connectivity index (χ3v) is 11.6. The molecule has 6 aliphatic rings. The first-order valence-electron chi connectivity index (χ1n) is 13.1. The van der Waals surface area contributed by atoms with Crippen LogP contribution in [0.3, 0.4) is 0 Å². The minimum absolute atomic E-state index is 0.0439. The molecule has 0 aromatic rings. The maximum Gasteiger partial charge on any atom is 0.122 e. The molecule has 3 heteroatoms. The topological polar surface area (TPSA) is 41.5 Å². The lowest BCUT2D eigenvalue weighted by molar-refractivity contribution is -0.115. The van der Waals surface area contributed by atoms with Gasteiger partial charge in [-0.3, -0.25) is 5.32 Å². The van der Waals surface area contributed by atoms with Crippen molar-refractivity contribution in [1.82, 2.24) is 5.32 Å². The molecule has 168 valence electrons. The van der Waals surface area contributed by atoms with E-state index in [1.807, 2.05) is 0 Å². The van der Waals surface area contributed by atoms with Crippen LogP contribution in [0.1, 0.15) is 85.5 Å². The number of aliphatic hydroxyl groups is 1. The predicted octanol–water partition coefficient (Wildman–Crippen LogP) is 5.29. The highest BCUT2D eigenvalue weighted by molar-refractivity contribution is 5.26. The normalized spacial score (nSPS) is 59.8. The van der Waals surface area contributed by atoms with Crippen LogP contribution in [0.2, 0.25) is 0 Å². The summed E-state index contributed by atoms with van der Waals surface area (Å²) in [6.45, 7) is 11.2. The Morgan fingerprint density at radius 1 is 1.07 bits per heavy atom. The molecular formula is C27H43NO2. The Kier molecular flexibility index (Phi) is 4.44. The van der Waals surface area contributed by atoms with Crippen molar-refractivity contribution in [2.75, 3.05) is 6.54 Å². The van der Waals surface area contributed by atoms with Gasteiger partial charge in [-0.15, -0.1) is 0 Å². The molecule has 11 atom stereocenters. The van der Waals surface area contributed by atoms with Crippen LogP contribution < -0.4 is 5.32 Å². The minimum atomic E-state index is -0.100. The average Bonchev–Trinajstić information content (AvgIpc) is 3.16. The van der Waals surface area contributed by atoms with Crippen molar-refractivity contribution in [3.8, 4) is 0 Å². The zero-order valence-corrected chi connectivity index (χ0v) is 19.6. The van der Waals surface area contributed by atoms with Gasteiger partial charge in [0.15, 0.2) is 0 Å². The molecule has 2 aliphatic heterocycles. The maximum absolute atomic E-state index is 10.3. The fourth-order valence-corrected chi connectivity index (χ4v) is 9.84. The molecule has 2 heterocycles. The second-order valence-electron chi connectivity index (χ2n) is 12.8. The minimum Gasteiger partial charge on any atom is -0.393 e. The summed E-state index contributed by atoms with van der Waals surface area (Å²) in [4.78, 5) is 0. The number of aliphatic hydroxyl groups excluding tert-OH is 1. The van der Waals surface area contributed by atoms with Crippen molar-refractivity contribution >= 4 is 0 Å². The highest BCUT2D eigenvalue weighted by Gasteiger charge is 2.68. The molecule has 0 aromatic heterocycles. The van der Waals surface area contributed by atoms with Crippen LogP contribution >= 0.6 is 0 Å². The molecular weight excluding hydrogens is 370 g/mol. The second kappa shape index (κ2) is 6.58. The lowest BCUT2D eigenvalue weighted by Crippen LogP contribution is -2.57.